The van der Waals surface area contributed by atoms with Crippen molar-refractivity contribution >= 4 is 17.1 Å². The Kier molecular flexibility index (Phi) is 3.85. The molecule has 1 saturated heterocycles. The number of carbonyl (C=O) groups is 1. The third-order valence-electron chi connectivity index (χ3n) is 3.92. The number of H-pyrrole nitrogens is 1. The molecule has 0 unspecified atom stereocenters. The number of aromatic nitrogens is 2. The summed E-state index contributed by atoms with van der Waals surface area (Å²) in [6.07, 6.45) is -5.13. The SMILES string of the molecule is CC(C)(C)OC(=O)N1CC(n2c(=O)[nH]c3cccc(C(F)(F)F)c32)C1. The highest BCUT2D eigenvalue weighted by molar-refractivity contribution is 5.80. The molecular formula is C16H18F3N3O3. The monoisotopic (exact) mass is 357 g/mol. The Balaban J connectivity index is 1.90. The van der Waals surface area contributed by atoms with Gasteiger partial charge in [0.25, 0.3) is 0 Å². The van der Waals surface area contributed by atoms with E-state index in [0.29, 0.717) is 0 Å². The minimum absolute atomic E-state index is 0.119. The number of hydrogen-bond acceptors (Lipinski definition) is 3. The molecule has 2 heterocycles. The van der Waals surface area contributed by atoms with Gasteiger partial charge in [0.15, 0.2) is 0 Å². The number of aromatic amines is 1. The van der Waals surface area contributed by atoms with Gasteiger partial charge in [0.05, 0.1) is 22.6 Å². The zero-order chi connectivity index (χ0) is 18.6. The summed E-state index contributed by atoms with van der Waals surface area (Å²) in [5.41, 5.74) is -2.23. The van der Waals surface area contributed by atoms with Gasteiger partial charge in [-0.3, -0.25) is 4.57 Å². The third-order valence-corrected chi connectivity index (χ3v) is 3.92. The summed E-state index contributed by atoms with van der Waals surface area (Å²) in [4.78, 5) is 27.9. The molecule has 1 aliphatic rings. The first-order valence-corrected chi connectivity index (χ1v) is 7.76. The molecule has 0 saturated carbocycles. The number of halogens is 3. The molecule has 1 N–H and O–H groups in total. The number of hydrogen-bond donors (Lipinski definition) is 1. The molecule has 1 aromatic heterocycles. The van der Waals surface area contributed by atoms with Crippen molar-refractivity contribution in [2.24, 2.45) is 0 Å². The zero-order valence-corrected chi connectivity index (χ0v) is 14.0. The van der Waals surface area contributed by atoms with Crippen LogP contribution in [0.4, 0.5) is 18.0 Å². The van der Waals surface area contributed by atoms with Crippen molar-refractivity contribution in [1.29, 1.82) is 0 Å². The highest BCUT2D eigenvalue weighted by Gasteiger charge is 2.39. The number of imidazole rings is 1. The molecule has 1 amide bonds. The van der Waals surface area contributed by atoms with Crippen LogP contribution in [0.3, 0.4) is 0 Å². The van der Waals surface area contributed by atoms with E-state index in [0.717, 1.165) is 10.6 Å². The lowest BCUT2D eigenvalue weighted by atomic mass is 10.1. The highest BCUT2D eigenvalue weighted by Crippen LogP contribution is 2.36. The molecule has 9 heteroatoms. The molecule has 3 rings (SSSR count). The lowest BCUT2D eigenvalue weighted by Gasteiger charge is -2.40. The van der Waals surface area contributed by atoms with Gasteiger partial charge >= 0.3 is 18.0 Å². The van der Waals surface area contributed by atoms with E-state index in [2.05, 4.69) is 4.98 Å². The molecule has 0 bridgehead atoms. The largest absolute Gasteiger partial charge is 0.444 e. The number of ether oxygens (including phenoxy) is 1. The molecule has 0 aliphatic carbocycles. The molecule has 0 radical (unpaired) electrons. The Morgan fingerprint density at radius 3 is 2.44 bits per heavy atom. The first-order valence-electron chi connectivity index (χ1n) is 7.76. The second-order valence-electron chi connectivity index (χ2n) is 7.04. The molecule has 6 nitrogen and oxygen atoms in total. The average Bonchev–Trinajstić information content (AvgIpc) is 2.70. The number of likely N-dealkylation sites (tertiary alicyclic amines) is 1. The topological polar surface area (TPSA) is 67.3 Å². The van der Waals surface area contributed by atoms with Crippen molar-refractivity contribution in [3.63, 3.8) is 0 Å². The minimum Gasteiger partial charge on any atom is -0.444 e. The van der Waals surface area contributed by atoms with Crippen LogP contribution in [0.1, 0.15) is 32.4 Å². The van der Waals surface area contributed by atoms with Gasteiger partial charge in [0, 0.05) is 13.1 Å². The second kappa shape index (κ2) is 5.53. The van der Waals surface area contributed by atoms with Crippen molar-refractivity contribution < 1.29 is 22.7 Å². The van der Waals surface area contributed by atoms with Gasteiger partial charge in [-0.25, -0.2) is 9.59 Å². The summed E-state index contributed by atoms with van der Waals surface area (Å²) in [6, 6.07) is 3.08. The lowest BCUT2D eigenvalue weighted by molar-refractivity contribution is -0.136. The second-order valence-corrected chi connectivity index (χ2v) is 7.04. The number of amides is 1. The van der Waals surface area contributed by atoms with E-state index in [1.165, 1.54) is 17.0 Å². The number of carbonyl (C=O) groups excluding carboxylic acids is 1. The summed E-state index contributed by atoms with van der Waals surface area (Å²) in [5, 5.41) is 0. The number of para-hydroxylation sites is 1. The van der Waals surface area contributed by atoms with Gasteiger partial charge in [-0.05, 0) is 32.9 Å². The van der Waals surface area contributed by atoms with Crippen molar-refractivity contribution in [2.75, 3.05) is 13.1 Å². The number of nitrogens with one attached hydrogen (secondary N) is 1. The Bertz CT molecular complexity index is 871. The fourth-order valence-electron chi connectivity index (χ4n) is 2.85. The van der Waals surface area contributed by atoms with Gasteiger partial charge in [-0.15, -0.1) is 0 Å². The molecule has 1 fully saturated rings. The Morgan fingerprint density at radius 2 is 1.88 bits per heavy atom. The summed E-state index contributed by atoms with van der Waals surface area (Å²) in [5.74, 6) is 0. The minimum atomic E-state index is -4.58. The molecule has 25 heavy (non-hydrogen) atoms. The lowest BCUT2D eigenvalue weighted by Crippen LogP contribution is -2.53. The summed E-state index contributed by atoms with van der Waals surface area (Å²) in [7, 11) is 0. The molecular weight excluding hydrogens is 339 g/mol. The quantitative estimate of drug-likeness (QED) is 0.853. The van der Waals surface area contributed by atoms with Crippen molar-refractivity contribution in [3.05, 3.63) is 34.2 Å². The van der Waals surface area contributed by atoms with Crippen molar-refractivity contribution in [1.82, 2.24) is 14.5 Å². The molecule has 2 aromatic rings. The molecule has 0 atom stereocenters. The maximum Gasteiger partial charge on any atom is 0.418 e. The maximum atomic E-state index is 13.3. The van der Waals surface area contributed by atoms with Crippen LogP contribution in [0, 0.1) is 0 Å². The zero-order valence-electron chi connectivity index (χ0n) is 14.0. The van der Waals surface area contributed by atoms with E-state index in [9.17, 15) is 22.8 Å². The highest BCUT2D eigenvalue weighted by atomic mass is 19.4. The van der Waals surface area contributed by atoms with E-state index >= 15 is 0 Å². The smallest absolute Gasteiger partial charge is 0.418 e. The van der Waals surface area contributed by atoms with E-state index in [4.69, 9.17) is 4.74 Å². The van der Waals surface area contributed by atoms with E-state index in [1.807, 2.05) is 0 Å². The Labute approximate surface area is 141 Å². The van der Waals surface area contributed by atoms with Gasteiger partial charge in [0.2, 0.25) is 0 Å². The Morgan fingerprint density at radius 1 is 1.24 bits per heavy atom. The summed E-state index contributed by atoms with van der Waals surface area (Å²) >= 11 is 0. The number of fused-ring (bicyclic) bond motifs is 1. The average molecular weight is 357 g/mol. The number of nitrogens with zero attached hydrogens (tertiary/aromatic N) is 2. The standard InChI is InChI=1S/C16H18F3N3O3/c1-15(2,3)25-14(24)21-7-9(8-21)22-12-10(16(17,18)19)5-4-6-11(12)20-13(22)23/h4-6,9H,7-8H2,1-3H3,(H,20,23). The van der Waals surface area contributed by atoms with Crippen molar-refractivity contribution in [3.8, 4) is 0 Å². The van der Waals surface area contributed by atoms with Gasteiger partial charge < -0.3 is 14.6 Å². The Hall–Kier alpha value is -2.45. The molecule has 1 aromatic carbocycles. The fourth-order valence-corrected chi connectivity index (χ4v) is 2.85. The molecule has 0 spiro atoms. The van der Waals surface area contributed by atoms with Crippen molar-refractivity contribution in [2.45, 2.75) is 38.6 Å². The summed E-state index contributed by atoms with van der Waals surface area (Å²) < 4.78 is 46.1. The molecule has 1 aliphatic heterocycles. The predicted molar refractivity (Wildman–Crippen MR) is 84.4 cm³/mol. The van der Waals surface area contributed by atoms with E-state index < -0.39 is 35.2 Å². The maximum absolute atomic E-state index is 13.3. The van der Waals surface area contributed by atoms with Crippen LogP contribution < -0.4 is 5.69 Å². The normalized spacial score (nSPS) is 16.2. The number of rotatable bonds is 1. The number of benzene rings is 1. The summed E-state index contributed by atoms with van der Waals surface area (Å²) in [6.45, 7) is 5.41. The van der Waals surface area contributed by atoms with E-state index in [1.54, 1.807) is 20.8 Å². The van der Waals surface area contributed by atoms with Crippen LogP contribution >= 0.6 is 0 Å². The van der Waals surface area contributed by atoms with Gasteiger partial charge in [0.1, 0.15) is 5.60 Å². The first-order chi connectivity index (χ1) is 11.5. The number of alkyl halides is 3. The van der Waals surface area contributed by atoms with Crippen LogP contribution in [-0.4, -0.2) is 39.2 Å². The van der Waals surface area contributed by atoms with Crippen LogP contribution in [-0.2, 0) is 10.9 Å². The fraction of sp³-hybridized carbons (Fsp3) is 0.500. The van der Waals surface area contributed by atoms with Crippen LogP contribution in [0.25, 0.3) is 11.0 Å². The van der Waals surface area contributed by atoms with Crippen LogP contribution in [0.2, 0.25) is 0 Å². The predicted octanol–water partition coefficient (Wildman–Crippen LogP) is 3.14. The van der Waals surface area contributed by atoms with Gasteiger partial charge in [-0.1, -0.05) is 6.07 Å². The third kappa shape index (κ3) is 3.22. The van der Waals surface area contributed by atoms with E-state index in [-0.39, 0.29) is 24.1 Å². The first kappa shape index (κ1) is 17.4. The molecule has 136 valence electrons. The van der Waals surface area contributed by atoms with Crippen LogP contribution in [0.15, 0.2) is 23.0 Å². The van der Waals surface area contributed by atoms with Gasteiger partial charge in [-0.2, -0.15) is 13.2 Å². The van der Waals surface area contributed by atoms with Crippen LogP contribution in [0.5, 0.6) is 0 Å².